The van der Waals surface area contributed by atoms with Crippen LogP contribution in [-0.2, 0) is 85.5 Å². The van der Waals surface area contributed by atoms with E-state index in [0.29, 0.717) is 24.7 Å². The molecule has 95 heavy (non-hydrogen) atoms. The fourth-order valence-corrected chi connectivity index (χ4v) is 16.6. The van der Waals surface area contributed by atoms with E-state index in [9.17, 15) is 35.0 Å². The van der Waals surface area contributed by atoms with Crippen molar-refractivity contribution in [3.8, 4) is 33.8 Å². The topological polar surface area (TPSA) is 278 Å². The maximum atomic E-state index is 12.7. The van der Waals surface area contributed by atoms with Crippen LogP contribution in [0, 0.1) is 32.1 Å². The molecule has 0 radical (unpaired) electrons. The van der Waals surface area contributed by atoms with Gasteiger partial charge in [-0.3, -0.25) is 20.2 Å². The van der Waals surface area contributed by atoms with E-state index in [1.54, 1.807) is 24.3 Å². The van der Waals surface area contributed by atoms with Crippen molar-refractivity contribution in [3.05, 3.63) is 188 Å². The van der Waals surface area contributed by atoms with E-state index in [1.165, 1.54) is 95.4 Å². The molecule has 10 rings (SSSR count). The minimum absolute atomic E-state index is 0. The van der Waals surface area contributed by atoms with Crippen molar-refractivity contribution >= 4 is 93.5 Å². The number of aliphatic hydroxyl groups is 2. The Bertz CT molecular complexity index is 3340. The number of hydrogen-bond donors (Lipinski definition) is 3. The molecule has 2 aliphatic carbocycles. The van der Waals surface area contributed by atoms with Crippen molar-refractivity contribution < 1.29 is 75.8 Å². The number of rotatable bonds is 18. The summed E-state index contributed by atoms with van der Waals surface area (Å²) in [7, 11) is -5.46. The number of nitro groups is 2. The first-order valence-corrected chi connectivity index (χ1v) is 43.1. The third-order valence-electron chi connectivity index (χ3n) is 17.4. The molecule has 29 heteroatoms. The predicted octanol–water partition coefficient (Wildman–Crippen LogP) is 15.0. The number of nitrogens with zero attached hydrogens (tertiary/aromatic N) is 2. The monoisotopic (exact) mass is 1480 g/mol. The van der Waals surface area contributed by atoms with Crippen molar-refractivity contribution in [2.45, 2.75) is 155 Å². The van der Waals surface area contributed by atoms with Gasteiger partial charge in [0.2, 0.25) is 12.6 Å². The maximum Gasteiger partial charge on any atom is 0.697 e. The lowest BCUT2D eigenvalue weighted by Crippen LogP contribution is -2.48. The van der Waals surface area contributed by atoms with Crippen LogP contribution < -0.4 is 14.4 Å². The lowest BCUT2D eigenvalue weighted by molar-refractivity contribution is -0.385. The van der Waals surface area contributed by atoms with Gasteiger partial charge in [-0.1, -0.05) is 167 Å². The minimum Gasteiger partial charge on any atom is -0.567 e. The normalized spacial score (nSPS) is 20.1. The largest absolute Gasteiger partial charge is 0.697 e. The second-order valence-electron chi connectivity index (χ2n) is 25.3. The number of aliphatic hydroxyl groups excluding tert-OH is 2. The Labute approximate surface area is 580 Å². The minimum atomic E-state index is -3.12. The van der Waals surface area contributed by atoms with Crippen LogP contribution in [0.2, 0.25) is 36.3 Å². The van der Waals surface area contributed by atoms with E-state index in [0.717, 1.165) is 0 Å². The van der Waals surface area contributed by atoms with Crippen LogP contribution in [0.1, 0.15) is 104 Å². The summed E-state index contributed by atoms with van der Waals surface area (Å²) in [6, 6.07) is 45.2. The number of ether oxygens (including phenoxy) is 4. The van der Waals surface area contributed by atoms with E-state index in [1.807, 2.05) is 38.1 Å². The zero-order chi connectivity index (χ0) is 68.6. The highest BCUT2D eigenvalue weighted by Gasteiger charge is 2.51. The highest BCUT2D eigenvalue weighted by molar-refractivity contribution is 8.59. The average Bonchev–Trinajstić information content (AvgIpc) is 1.69. The first-order chi connectivity index (χ1) is 43.9. The predicted molar refractivity (Wildman–Crippen MR) is 388 cm³/mol. The lowest BCUT2D eigenvalue weighted by atomic mass is 9.98. The summed E-state index contributed by atoms with van der Waals surface area (Å²) in [5.41, 5.74) is 9.80. The number of hydrogen-bond acceptors (Lipinski definition) is 19. The van der Waals surface area contributed by atoms with Crippen LogP contribution in [-0.4, -0.2) is 105 Å². The Morgan fingerprint density at radius 3 is 1.04 bits per heavy atom. The maximum absolute atomic E-state index is 12.7. The molecule has 0 saturated carbocycles. The zero-order valence-electron chi connectivity index (χ0n) is 53.8. The zero-order valence-corrected chi connectivity index (χ0v) is 61.6. The second kappa shape index (κ2) is 37.3. The summed E-state index contributed by atoms with van der Waals surface area (Å²) in [5.74, 6) is 0.929. The molecule has 6 aromatic carbocycles. The van der Waals surface area contributed by atoms with E-state index in [-0.39, 0.29) is 85.4 Å². The molecule has 2 heterocycles. The molecule has 5 unspecified atom stereocenters. The molecule has 0 aromatic heterocycles. The Hall–Kier alpha value is -4.95. The number of benzene rings is 6. The fraction of sp³-hybridized carbons (Fsp3) is 0.455. The van der Waals surface area contributed by atoms with Crippen molar-refractivity contribution in [1.82, 2.24) is 0 Å². The molecular weight excluding hydrogens is 1390 g/mol. The van der Waals surface area contributed by atoms with Gasteiger partial charge in [0.15, 0.2) is 16.6 Å². The third-order valence-corrected chi connectivity index (χ3v) is 31.5. The highest BCUT2D eigenvalue weighted by atomic mass is 33.3. The van der Waals surface area contributed by atoms with Gasteiger partial charge in [0.05, 0.1) is 35.3 Å². The lowest BCUT2D eigenvalue weighted by Gasteiger charge is -2.40. The van der Waals surface area contributed by atoms with Gasteiger partial charge in [0, 0.05) is 102 Å². The van der Waals surface area contributed by atoms with Gasteiger partial charge >= 0.3 is 16.5 Å². The third kappa shape index (κ3) is 22.0. The van der Waals surface area contributed by atoms with Crippen LogP contribution in [0.15, 0.2) is 146 Å². The van der Waals surface area contributed by atoms with Gasteiger partial charge in [0.1, 0.15) is 36.9 Å². The van der Waals surface area contributed by atoms with Gasteiger partial charge in [-0.05, 0) is 110 Å². The summed E-state index contributed by atoms with van der Waals surface area (Å²) < 4.78 is 69.3. The van der Waals surface area contributed by atoms with Crippen LogP contribution in [0.4, 0.5) is 11.4 Å². The summed E-state index contributed by atoms with van der Waals surface area (Å²) in [5, 5.41) is 41.0. The van der Waals surface area contributed by atoms with E-state index < -0.39 is 67.8 Å². The second-order valence-corrected chi connectivity index (χ2v) is 41.6. The SMILES string of the molecule is C.C.CC1C(Oc2ccc([N+](=O)[O-])cc2)O[C@H](CO)[C@H]1O[Si](C)(C)C(C)(C)C.CC1C(Oc2ccc([N+](=O)[O-])cc2)O[C@H](CO)[C@H]1O[Si](C)(C)C(C)(C)C.O=[P+](OCC1c2ccccc2-c2ccccc21)OCC1c2ccccc2-c2ccccc21.O=[P+]([O-])O.S=S=S=S=S. The molecule has 9 atom stereocenters. The Balaban J connectivity index is 0.000000284. The Morgan fingerprint density at radius 2 is 0.811 bits per heavy atom. The molecule has 2 fully saturated rings. The van der Waals surface area contributed by atoms with Crippen LogP contribution in [0.25, 0.3) is 22.3 Å². The standard InChI is InChI=1S/C28H22O3P.2C18H29NO6Si.2CH4.HO3P.S5/c29-32(30-17-27-23-13-5-1-9-19(23)20-10-2-6-14-24(20)27)31-18-28-25-15-7-3-11-21(25)22-12-4-8-16-26(22)28;2*1-12-16(25-26(5,6)18(2,3)4)15(11-20)24-17(12)23-14-9-7-13(8-10-14)19(21)22;;;1-4(2)3;1-3-5-4-2/h1-16,27-28H,17-18H2;2*7-10,12,15-17,20H,11H2,1-6H3;2*1H4;(H,1,2,3);/q+1;;;;;;/t;2*12?,15-,16+,17?;;;;/m.11..../s1. The summed E-state index contributed by atoms with van der Waals surface area (Å²) in [6.45, 7) is 26.0. The van der Waals surface area contributed by atoms with E-state index >= 15 is 0 Å². The molecular formula is C66H89N2O18P2S5Si2+. The number of non-ortho nitro benzene ring substituents is 2. The molecule has 2 aliphatic heterocycles. The van der Waals surface area contributed by atoms with Gasteiger partial charge in [-0.25, -0.2) is 0 Å². The average molecular weight is 1480 g/mol. The Kier molecular flexibility index (Phi) is 32.4. The van der Waals surface area contributed by atoms with Crippen LogP contribution in [0.3, 0.4) is 0 Å². The highest BCUT2D eigenvalue weighted by Crippen LogP contribution is 2.49. The smallest absolute Gasteiger partial charge is 0.567 e. The first-order valence-electron chi connectivity index (χ1n) is 29.8. The van der Waals surface area contributed by atoms with E-state index in [4.69, 9.17) is 51.2 Å². The molecule has 6 aromatic rings. The number of fused-ring (bicyclic) bond motifs is 6. The van der Waals surface area contributed by atoms with E-state index in [2.05, 4.69) is 163 Å². The molecule has 3 N–H and O–H groups in total. The molecule has 2 saturated heterocycles. The van der Waals surface area contributed by atoms with Crippen molar-refractivity contribution in [2.75, 3.05) is 26.4 Å². The molecule has 0 bridgehead atoms. The molecule has 20 nitrogen and oxygen atoms in total. The molecule has 0 amide bonds. The van der Waals surface area contributed by atoms with Gasteiger partial charge in [0.25, 0.3) is 11.4 Å². The fourth-order valence-electron chi connectivity index (χ4n) is 10.5. The van der Waals surface area contributed by atoms with Crippen molar-refractivity contribution in [3.63, 3.8) is 0 Å². The van der Waals surface area contributed by atoms with Crippen molar-refractivity contribution in [2.24, 2.45) is 11.8 Å². The summed E-state index contributed by atoms with van der Waals surface area (Å²) in [6.07, 6.45) is -2.59. The molecule has 0 spiro atoms. The van der Waals surface area contributed by atoms with Gasteiger partial charge < -0.3 is 42.9 Å². The van der Waals surface area contributed by atoms with Crippen molar-refractivity contribution in [1.29, 1.82) is 0 Å². The van der Waals surface area contributed by atoms with Gasteiger partial charge in [-0.15, -0.1) is 9.05 Å². The molecule has 4 aliphatic rings. The summed E-state index contributed by atoms with van der Waals surface area (Å²) >= 11 is 8.89. The molecule has 518 valence electrons. The first kappa shape index (κ1) is 82.5. The summed E-state index contributed by atoms with van der Waals surface area (Å²) in [4.78, 5) is 36.2. The van der Waals surface area contributed by atoms with Gasteiger partial charge in [-0.2, -0.15) is 4.89 Å². The number of nitro benzene ring substituents is 2. The quantitative estimate of drug-likeness (QED) is 0.0312. The van der Waals surface area contributed by atoms with Crippen LogP contribution in [0.5, 0.6) is 11.5 Å². The Morgan fingerprint density at radius 1 is 0.537 bits per heavy atom. The van der Waals surface area contributed by atoms with Crippen LogP contribution >= 0.6 is 16.5 Å².